The lowest BCUT2D eigenvalue weighted by molar-refractivity contribution is -0.137. The molecule has 0 aromatic heterocycles. The molecule has 1 unspecified atom stereocenters. The van der Waals surface area contributed by atoms with Crippen LogP contribution in [-0.2, 0) is 16.0 Å². The summed E-state index contributed by atoms with van der Waals surface area (Å²) in [4.78, 5) is 12.1. The largest absolute Gasteiger partial charge is 0.465 e. The molecule has 0 bridgehead atoms. The molecule has 1 amide bonds. The highest BCUT2D eigenvalue weighted by Crippen LogP contribution is 2.42. The molecule has 1 aliphatic rings. The van der Waals surface area contributed by atoms with Crippen LogP contribution in [0, 0.1) is 0 Å². The highest BCUT2D eigenvalue weighted by atomic mass is 32.2. The van der Waals surface area contributed by atoms with E-state index in [2.05, 4.69) is 0 Å². The fourth-order valence-corrected chi connectivity index (χ4v) is 3.97. The van der Waals surface area contributed by atoms with Crippen LogP contribution in [-0.4, -0.2) is 31.9 Å². The van der Waals surface area contributed by atoms with Crippen molar-refractivity contribution in [3.63, 3.8) is 0 Å². The summed E-state index contributed by atoms with van der Waals surface area (Å²) < 4.78 is 62.7. The Balaban J connectivity index is 2.64. The summed E-state index contributed by atoms with van der Waals surface area (Å²) in [5.74, 6) is -0.222. The molecule has 1 aromatic carbocycles. The van der Waals surface area contributed by atoms with Gasteiger partial charge < -0.3 is 5.11 Å². The Bertz CT molecular complexity index is 700. The zero-order chi connectivity index (χ0) is 16.7. The van der Waals surface area contributed by atoms with Crippen LogP contribution in [0.2, 0.25) is 0 Å². The van der Waals surface area contributed by atoms with Gasteiger partial charge in [-0.2, -0.15) is 13.2 Å². The molecule has 0 radical (unpaired) electrons. The lowest BCUT2D eigenvalue weighted by Gasteiger charge is -2.32. The van der Waals surface area contributed by atoms with Gasteiger partial charge >= 0.3 is 12.3 Å². The van der Waals surface area contributed by atoms with Crippen LogP contribution >= 0.6 is 0 Å². The predicted octanol–water partition coefficient (Wildman–Crippen LogP) is 3.07. The van der Waals surface area contributed by atoms with Crippen LogP contribution in [0.15, 0.2) is 18.2 Å². The number of hydrogen-bond donors (Lipinski definition) is 1. The minimum Gasteiger partial charge on any atom is -0.465 e. The second-order valence-corrected chi connectivity index (χ2v) is 7.41. The fraction of sp³-hybridized carbons (Fsp3) is 0.462. The van der Waals surface area contributed by atoms with E-state index in [4.69, 9.17) is 5.11 Å². The van der Waals surface area contributed by atoms with E-state index in [1.54, 1.807) is 0 Å². The number of rotatable bonds is 2. The highest BCUT2D eigenvalue weighted by molar-refractivity contribution is 7.91. The van der Waals surface area contributed by atoms with Crippen LogP contribution in [0.25, 0.3) is 0 Å². The quantitative estimate of drug-likeness (QED) is 0.900. The van der Waals surface area contributed by atoms with Gasteiger partial charge in [0.1, 0.15) is 0 Å². The van der Waals surface area contributed by atoms with E-state index >= 15 is 0 Å². The van der Waals surface area contributed by atoms with Crippen LogP contribution in [0.3, 0.4) is 0 Å². The molecule has 1 aromatic rings. The molecular formula is C13H14F3NO4S. The standard InChI is InChI=1S/C13H14F3NO4S/c1-2-22(20,21)11-5-6-17(12(18)19)10-4-3-8(7-9(10)11)13(14,15)16/h3-4,7,11H,2,5-6H2,1H3,(H,18,19). The Kier molecular flexibility index (Phi) is 4.12. The van der Waals surface area contributed by atoms with Crippen LogP contribution in [0.1, 0.15) is 29.7 Å². The molecule has 0 spiro atoms. The van der Waals surface area contributed by atoms with Gasteiger partial charge in [0.05, 0.1) is 16.5 Å². The summed E-state index contributed by atoms with van der Waals surface area (Å²) in [6.45, 7) is 1.34. The van der Waals surface area contributed by atoms with E-state index in [-0.39, 0.29) is 30.0 Å². The first-order valence-electron chi connectivity index (χ1n) is 6.51. The third-order valence-electron chi connectivity index (χ3n) is 3.67. The molecule has 0 fully saturated rings. The molecular weight excluding hydrogens is 323 g/mol. The zero-order valence-electron chi connectivity index (χ0n) is 11.6. The third kappa shape index (κ3) is 2.90. The molecule has 2 rings (SSSR count). The van der Waals surface area contributed by atoms with Crippen LogP contribution in [0.5, 0.6) is 0 Å². The normalized spacial score (nSPS) is 18.9. The van der Waals surface area contributed by atoms with E-state index in [9.17, 15) is 26.4 Å². The fourth-order valence-electron chi connectivity index (χ4n) is 2.53. The molecule has 0 saturated carbocycles. The van der Waals surface area contributed by atoms with Crippen LogP contribution in [0.4, 0.5) is 23.7 Å². The van der Waals surface area contributed by atoms with Gasteiger partial charge in [0, 0.05) is 12.3 Å². The Labute approximate surface area is 125 Å². The van der Waals surface area contributed by atoms with E-state index in [1.807, 2.05) is 0 Å². The molecule has 1 atom stereocenters. The molecule has 0 aliphatic carbocycles. The second kappa shape index (κ2) is 5.45. The molecule has 0 saturated heterocycles. The van der Waals surface area contributed by atoms with Gasteiger partial charge in [-0.05, 0) is 30.2 Å². The summed E-state index contributed by atoms with van der Waals surface area (Å²) >= 11 is 0. The monoisotopic (exact) mass is 337 g/mol. The van der Waals surface area contributed by atoms with Crippen molar-refractivity contribution in [1.29, 1.82) is 0 Å². The highest BCUT2D eigenvalue weighted by Gasteiger charge is 2.38. The van der Waals surface area contributed by atoms with Crippen molar-refractivity contribution >= 4 is 21.6 Å². The second-order valence-electron chi connectivity index (χ2n) is 4.93. The van der Waals surface area contributed by atoms with Crippen molar-refractivity contribution in [3.05, 3.63) is 29.3 Å². The average Bonchev–Trinajstić information content (AvgIpc) is 2.44. The maximum Gasteiger partial charge on any atom is 0.416 e. The molecule has 1 heterocycles. The Morgan fingerprint density at radius 1 is 1.41 bits per heavy atom. The number of nitrogens with zero attached hydrogens (tertiary/aromatic N) is 1. The number of hydrogen-bond acceptors (Lipinski definition) is 3. The maximum absolute atomic E-state index is 12.8. The van der Waals surface area contributed by atoms with Gasteiger partial charge in [-0.25, -0.2) is 13.2 Å². The van der Waals surface area contributed by atoms with E-state index in [0.717, 1.165) is 23.1 Å². The Morgan fingerprint density at radius 2 is 2.05 bits per heavy atom. The number of halogens is 3. The molecule has 1 N–H and O–H groups in total. The number of anilines is 1. The minimum absolute atomic E-state index is 0.00576. The molecule has 122 valence electrons. The van der Waals surface area contributed by atoms with Gasteiger partial charge in [-0.15, -0.1) is 0 Å². The molecule has 22 heavy (non-hydrogen) atoms. The smallest absolute Gasteiger partial charge is 0.416 e. The maximum atomic E-state index is 12.8. The lowest BCUT2D eigenvalue weighted by Crippen LogP contribution is -2.37. The van der Waals surface area contributed by atoms with E-state index < -0.39 is 32.9 Å². The predicted molar refractivity (Wildman–Crippen MR) is 73.6 cm³/mol. The van der Waals surface area contributed by atoms with Crippen LogP contribution < -0.4 is 4.90 Å². The summed E-state index contributed by atoms with van der Waals surface area (Å²) in [7, 11) is -3.63. The van der Waals surface area contributed by atoms with Gasteiger partial charge in [0.25, 0.3) is 0 Å². The molecule has 9 heteroatoms. The summed E-state index contributed by atoms with van der Waals surface area (Å²) in [6.07, 6.45) is -6.01. The van der Waals surface area contributed by atoms with E-state index in [1.165, 1.54) is 6.92 Å². The first-order valence-corrected chi connectivity index (χ1v) is 8.22. The number of carboxylic acid groups (broad SMARTS) is 1. The molecule has 5 nitrogen and oxygen atoms in total. The lowest BCUT2D eigenvalue weighted by atomic mass is 9.98. The van der Waals surface area contributed by atoms with Crippen molar-refractivity contribution in [2.75, 3.05) is 17.2 Å². The number of carbonyl (C=O) groups is 1. The topological polar surface area (TPSA) is 74.7 Å². The summed E-state index contributed by atoms with van der Waals surface area (Å²) in [5, 5.41) is 7.99. The van der Waals surface area contributed by atoms with Crippen molar-refractivity contribution < 1.29 is 31.5 Å². The van der Waals surface area contributed by atoms with Crippen molar-refractivity contribution in [1.82, 2.24) is 0 Å². The molecule has 1 aliphatic heterocycles. The van der Waals surface area contributed by atoms with Gasteiger partial charge in [0.15, 0.2) is 9.84 Å². The van der Waals surface area contributed by atoms with Gasteiger partial charge in [0.2, 0.25) is 0 Å². The zero-order valence-corrected chi connectivity index (χ0v) is 12.4. The summed E-state index contributed by atoms with van der Waals surface area (Å²) in [5.41, 5.74) is -1.10. The number of benzene rings is 1. The minimum atomic E-state index is -4.62. The average molecular weight is 337 g/mol. The number of alkyl halides is 3. The van der Waals surface area contributed by atoms with Crippen molar-refractivity contribution in [2.24, 2.45) is 0 Å². The number of fused-ring (bicyclic) bond motifs is 1. The number of sulfone groups is 1. The Hall–Kier alpha value is -1.77. The Morgan fingerprint density at radius 3 is 2.55 bits per heavy atom. The first-order chi connectivity index (χ1) is 10.1. The van der Waals surface area contributed by atoms with E-state index in [0.29, 0.717) is 0 Å². The van der Waals surface area contributed by atoms with Gasteiger partial charge in [-0.1, -0.05) is 6.92 Å². The van der Waals surface area contributed by atoms with Gasteiger partial charge in [-0.3, -0.25) is 4.90 Å². The first kappa shape index (κ1) is 16.6. The van der Waals surface area contributed by atoms with Crippen molar-refractivity contribution in [2.45, 2.75) is 24.8 Å². The number of amides is 1. The summed E-state index contributed by atoms with van der Waals surface area (Å²) in [6, 6.07) is 2.52. The SMILES string of the molecule is CCS(=O)(=O)C1CCN(C(=O)O)c2ccc(C(F)(F)F)cc21. The van der Waals surface area contributed by atoms with Crippen molar-refractivity contribution in [3.8, 4) is 0 Å². The third-order valence-corrected chi connectivity index (χ3v) is 5.84.